The molecule has 12 heteroatoms. The van der Waals surface area contributed by atoms with Gasteiger partial charge >= 0.3 is 18.0 Å². The number of carbonyl (C=O) groups is 3. The first-order valence-electron chi connectivity index (χ1n) is 18.3. The summed E-state index contributed by atoms with van der Waals surface area (Å²) in [6.45, 7) is 16.1. The highest BCUT2D eigenvalue weighted by atomic mass is 16.6. The second-order valence-corrected chi connectivity index (χ2v) is 14.5. The van der Waals surface area contributed by atoms with E-state index in [1.165, 1.54) is 19.8 Å². The van der Waals surface area contributed by atoms with Gasteiger partial charge in [0.1, 0.15) is 30.0 Å². The monoisotopic (exact) mass is 706 g/mol. The number of nitrogens with zero attached hydrogens (tertiary/aromatic N) is 1. The Balaban J connectivity index is 1.77. The van der Waals surface area contributed by atoms with Gasteiger partial charge in [-0.05, 0) is 70.7 Å². The summed E-state index contributed by atoms with van der Waals surface area (Å²) in [6.07, 6.45) is 8.20. The molecule has 3 aliphatic heterocycles. The third-order valence-corrected chi connectivity index (χ3v) is 10.2. The number of likely N-dealkylation sites (tertiary alicyclic amines) is 1. The predicted octanol–water partition coefficient (Wildman–Crippen LogP) is 4.48. The van der Waals surface area contributed by atoms with E-state index in [0.717, 1.165) is 31.6 Å². The van der Waals surface area contributed by atoms with E-state index in [4.69, 9.17) is 23.7 Å². The predicted molar refractivity (Wildman–Crippen MR) is 189 cm³/mol. The van der Waals surface area contributed by atoms with Crippen molar-refractivity contribution < 1.29 is 48.3 Å². The molecule has 0 radical (unpaired) electrons. The summed E-state index contributed by atoms with van der Waals surface area (Å²) in [5.41, 5.74) is -0.712. The minimum atomic E-state index is -1.45. The molecule has 0 aromatic heterocycles. The highest BCUT2D eigenvalue weighted by molar-refractivity contribution is 5.70. The maximum Gasteiger partial charge on any atom is 0.407 e. The number of allylic oxidation sites excluding steroid dienone is 2. The number of hydrogen-bond donors (Lipinski definition) is 3. The van der Waals surface area contributed by atoms with Crippen LogP contribution in [0.1, 0.15) is 87.0 Å². The number of alkyl carbamates (subject to hydrolysis) is 1. The molecule has 0 aliphatic carbocycles. The quantitative estimate of drug-likeness (QED) is 0.0770. The minimum absolute atomic E-state index is 0.0256. The smallest absolute Gasteiger partial charge is 0.407 e. The van der Waals surface area contributed by atoms with Crippen molar-refractivity contribution in [2.24, 2.45) is 17.8 Å². The van der Waals surface area contributed by atoms with E-state index >= 15 is 0 Å². The van der Waals surface area contributed by atoms with Crippen molar-refractivity contribution in [3.63, 3.8) is 0 Å². The minimum Gasteiger partial charge on any atom is -0.457 e. The fourth-order valence-corrected chi connectivity index (χ4v) is 6.97. The summed E-state index contributed by atoms with van der Waals surface area (Å²) in [4.78, 5) is 40.0. The molecule has 3 rings (SSSR count). The van der Waals surface area contributed by atoms with Gasteiger partial charge in [-0.15, -0.1) is 0 Å². The maximum atomic E-state index is 13.0. The van der Waals surface area contributed by atoms with E-state index in [2.05, 4.69) is 24.1 Å². The molecule has 0 saturated carbocycles. The Kier molecular flexibility index (Phi) is 16.4. The van der Waals surface area contributed by atoms with E-state index in [0.29, 0.717) is 6.54 Å². The van der Waals surface area contributed by atoms with Gasteiger partial charge in [-0.2, -0.15) is 0 Å². The molecular formula is C38H62N2O10. The molecule has 50 heavy (non-hydrogen) atoms. The van der Waals surface area contributed by atoms with Gasteiger partial charge in [-0.25, -0.2) is 4.79 Å². The lowest BCUT2D eigenvalue weighted by atomic mass is 9.88. The van der Waals surface area contributed by atoms with Crippen molar-refractivity contribution in [2.45, 2.75) is 135 Å². The number of rotatable bonds is 14. The van der Waals surface area contributed by atoms with E-state index in [-0.39, 0.29) is 55.3 Å². The van der Waals surface area contributed by atoms with Crippen molar-refractivity contribution in [3.05, 3.63) is 36.0 Å². The van der Waals surface area contributed by atoms with Crippen LogP contribution in [-0.4, -0.2) is 115 Å². The topological polar surface area (TPSA) is 156 Å². The van der Waals surface area contributed by atoms with Crippen molar-refractivity contribution in [1.29, 1.82) is 0 Å². The molecule has 3 heterocycles. The Bertz CT molecular complexity index is 1190. The van der Waals surface area contributed by atoms with Gasteiger partial charge < -0.3 is 44.1 Å². The van der Waals surface area contributed by atoms with E-state index < -0.39 is 48.0 Å². The number of carbonyl (C=O) groups excluding carboxylic acids is 3. The number of cyclic esters (lactones) is 1. The van der Waals surface area contributed by atoms with Gasteiger partial charge in [0.15, 0.2) is 0 Å². The molecule has 11 atom stereocenters. The molecule has 10 unspecified atom stereocenters. The van der Waals surface area contributed by atoms with E-state index in [9.17, 15) is 24.6 Å². The maximum absolute atomic E-state index is 13.0. The molecule has 0 aromatic rings. The molecule has 3 N–H and O–H groups in total. The van der Waals surface area contributed by atoms with Crippen molar-refractivity contribution >= 4 is 18.0 Å². The number of amides is 1. The molecule has 12 nitrogen and oxygen atoms in total. The van der Waals surface area contributed by atoms with Gasteiger partial charge in [0.05, 0.1) is 24.7 Å². The average Bonchev–Trinajstić information content (AvgIpc) is 3.68. The van der Waals surface area contributed by atoms with Crippen LogP contribution in [0.25, 0.3) is 0 Å². The Hall–Kier alpha value is -2.77. The number of aliphatic hydroxyl groups excluding tert-OH is 1. The van der Waals surface area contributed by atoms with Crippen LogP contribution in [0.3, 0.4) is 0 Å². The normalized spacial score (nSPS) is 32.9. The molecule has 3 aliphatic rings. The Labute approximate surface area is 298 Å². The standard InChI is InChI=1S/C38H62N2O10/c1-9-30(46-8)27(5)35-36(49-35)34(50-37(44)39-19-22-40-20-10-11-21-40)25(3)14-12-13-24(2)33-26(4)15-16-31(47-28(6)41)38(7,45)18-17-29(42)23-32(43)48-33/h12-16,25-27,29-31,33-36,42,45H,9-11,17-23H2,1-8H3,(H,39,44)/b14-12+,16-15+,24-13+/t25?,26?,27?,29?,30?,31?,33?,34?,35?,36-,38?/m0/s1. The van der Waals surface area contributed by atoms with Gasteiger partial charge in [-0.3, -0.25) is 9.59 Å². The zero-order chi connectivity index (χ0) is 37.0. The first-order valence-corrected chi connectivity index (χ1v) is 18.3. The van der Waals surface area contributed by atoms with Gasteiger partial charge in [0.2, 0.25) is 0 Å². The van der Waals surface area contributed by atoms with Crippen molar-refractivity contribution in [3.8, 4) is 0 Å². The zero-order valence-electron chi connectivity index (χ0n) is 31.3. The summed E-state index contributed by atoms with van der Waals surface area (Å²) in [7, 11) is 1.70. The van der Waals surface area contributed by atoms with Crippen LogP contribution >= 0.6 is 0 Å². The van der Waals surface area contributed by atoms with Crippen molar-refractivity contribution in [2.75, 3.05) is 33.3 Å². The number of esters is 2. The number of hydrogen-bond acceptors (Lipinski definition) is 11. The summed E-state index contributed by atoms with van der Waals surface area (Å²) >= 11 is 0. The fraction of sp³-hybridized carbons (Fsp3) is 0.763. The number of aliphatic hydroxyl groups is 2. The van der Waals surface area contributed by atoms with Crippen LogP contribution in [0.4, 0.5) is 4.79 Å². The third-order valence-electron chi connectivity index (χ3n) is 10.2. The number of ether oxygens (including phenoxy) is 5. The molecular weight excluding hydrogens is 644 g/mol. The Morgan fingerprint density at radius 1 is 1.18 bits per heavy atom. The first kappa shape index (κ1) is 41.6. The lowest BCUT2D eigenvalue weighted by Gasteiger charge is -2.32. The van der Waals surface area contributed by atoms with Crippen LogP contribution in [0.2, 0.25) is 0 Å². The molecule has 0 aromatic carbocycles. The molecule has 0 spiro atoms. The van der Waals surface area contributed by atoms with Crippen LogP contribution in [-0.2, 0) is 33.3 Å². The Morgan fingerprint density at radius 2 is 1.88 bits per heavy atom. The zero-order valence-corrected chi connectivity index (χ0v) is 31.3. The SMILES string of the molecule is CCC(OC)C(C)C1O[C@H]1C(OC(=O)NCCN1CCCC1)C(C)/C=C/C=C(\C)C1OC(=O)CC(O)CCC(C)(O)C(OC(C)=O)/C=C/C1C. The number of nitrogens with one attached hydrogen (secondary N) is 1. The highest BCUT2D eigenvalue weighted by Crippen LogP contribution is 2.39. The summed E-state index contributed by atoms with van der Waals surface area (Å²) in [6, 6.07) is 0. The molecule has 2 fully saturated rings. The van der Waals surface area contributed by atoms with E-state index in [1.54, 1.807) is 26.2 Å². The van der Waals surface area contributed by atoms with Gasteiger partial charge in [0, 0.05) is 44.9 Å². The van der Waals surface area contributed by atoms with Gasteiger partial charge in [-0.1, -0.05) is 52.0 Å². The largest absolute Gasteiger partial charge is 0.457 e. The molecule has 1 amide bonds. The lowest BCUT2D eigenvalue weighted by Crippen LogP contribution is -2.42. The van der Waals surface area contributed by atoms with Gasteiger partial charge in [0.25, 0.3) is 0 Å². The molecule has 0 bridgehead atoms. The van der Waals surface area contributed by atoms with Crippen LogP contribution in [0, 0.1) is 17.8 Å². The third kappa shape index (κ3) is 12.8. The second kappa shape index (κ2) is 19.7. The Morgan fingerprint density at radius 3 is 2.52 bits per heavy atom. The number of epoxide rings is 1. The van der Waals surface area contributed by atoms with Crippen molar-refractivity contribution in [1.82, 2.24) is 10.2 Å². The van der Waals surface area contributed by atoms with Crippen LogP contribution < -0.4 is 5.32 Å². The number of methoxy groups -OCH3 is 1. The van der Waals surface area contributed by atoms with E-state index in [1.807, 2.05) is 39.0 Å². The second-order valence-electron chi connectivity index (χ2n) is 14.5. The van der Waals surface area contributed by atoms with Crippen LogP contribution in [0.5, 0.6) is 0 Å². The summed E-state index contributed by atoms with van der Waals surface area (Å²) in [5, 5.41) is 24.5. The molecule has 2 saturated heterocycles. The fourth-order valence-electron chi connectivity index (χ4n) is 6.97. The first-order chi connectivity index (χ1) is 23.7. The lowest BCUT2D eigenvalue weighted by molar-refractivity contribution is -0.157. The highest BCUT2D eigenvalue weighted by Gasteiger charge is 2.52. The average molecular weight is 707 g/mol. The summed E-state index contributed by atoms with van der Waals surface area (Å²) < 4.78 is 29.1. The van der Waals surface area contributed by atoms with Crippen LogP contribution in [0.15, 0.2) is 36.0 Å². The molecule has 284 valence electrons. The summed E-state index contributed by atoms with van der Waals surface area (Å²) in [5.74, 6) is -1.55.